The zero-order valence-electron chi connectivity index (χ0n) is 11.0. The van der Waals surface area contributed by atoms with Crippen molar-refractivity contribution in [2.24, 2.45) is 0 Å². The molecule has 0 saturated carbocycles. The Hall–Kier alpha value is -2.01. The first-order chi connectivity index (χ1) is 9.80. The van der Waals surface area contributed by atoms with Crippen LogP contribution < -0.4 is 0 Å². The van der Waals surface area contributed by atoms with Gasteiger partial charge >= 0.3 is 6.18 Å². The Morgan fingerprint density at radius 2 is 1.71 bits per heavy atom. The van der Waals surface area contributed by atoms with E-state index in [4.69, 9.17) is 11.8 Å². The molecule has 0 radical (unpaired) electrons. The molecule has 0 aliphatic carbocycles. The van der Waals surface area contributed by atoms with E-state index in [1.165, 1.54) is 19.2 Å². The summed E-state index contributed by atoms with van der Waals surface area (Å²) >= 11 is 5.49. The van der Waals surface area contributed by atoms with Crippen molar-refractivity contribution >= 4 is 17.7 Å². The van der Waals surface area contributed by atoms with Crippen LogP contribution in [0, 0.1) is 0 Å². The van der Waals surface area contributed by atoms with Crippen LogP contribution >= 0.6 is 11.8 Å². The third kappa shape index (κ3) is 3.36. The highest BCUT2D eigenvalue weighted by atomic mass is 35.5. The fraction of sp³-hybridized carbons (Fsp3) is 0.133. The van der Waals surface area contributed by atoms with E-state index in [1.54, 1.807) is 30.3 Å². The molecule has 2 nitrogen and oxygen atoms in total. The van der Waals surface area contributed by atoms with Crippen molar-refractivity contribution in [3.8, 4) is 11.1 Å². The first-order valence-electron chi connectivity index (χ1n) is 6.01. The molecule has 0 saturated heterocycles. The summed E-state index contributed by atoms with van der Waals surface area (Å²) in [7, 11) is 1.27. The van der Waals surface area contributed by atoms with Gasteiger partial charge in [-0.2, -0.15) is 13.2 Å². The normalized spacial score (nSPS) is 11.3. The largest absolute Gasteiger partial charge is 0.417 e. The number of nitrogens with zero attached hydrogens (tertiary/aromatic N) is 1. The molecule has 2 rings (SSSR count). The number of carbonyl (C=O) groups excluding carboxylic acids is 1. The van der Waals surface area contributed by atoms with Gasteiger partial charge in [-0.1, -0.05) is 36.4 Å². The standard InChI is InChI=1S/C15H11ClF3NO/c1-20(16)14(21)11-7-8-12(10-5-3-2-4-6-10)13(9-11)15(17,18)19/h2-9H,1H3. The summed E-state index contributed by atoms with van der Waals surface area (Å²) < 4.78 is 40.4. The van der Waals surface area contributed by atoms with Gasteiger partial charge in [0.05, 0.1) is 5.56 Å². The molecule has 0 N–H and O–H groups in total. The van der Waals surface area contributed by atoms with Gasteiger partial charge in [0.25, 0.3) is 5.91 Å². The molecule has 2 aromatic rings. The van der Waals surface area contributed by atoms with Gasteiger partial charge in [0.15, 0.2) is 0 Å². The second-order valence-electron chi connectivity index (χ2n) is 4.41. The summed E-state index contributed by atoms with van der Waals surface area (Å²) in [4.78, 5) is 11.7. The van der Waals surface area contributed by atoms with Crippen molar-refractivity contribution in [2.45, 2.75) is 6.18 Å². The number of rotatable bonds is 2. The lowest BCUT2D eigenvalue weighted by atomic mass is 9.97. The van der Waals surface area contributed by atoms with Crippen molar-refractivity contribution in [3.05, 3.63) is 59.7 Å². The van der Waals surface area contributed by atoms with E-state index in [0.29, 0.717) is 5.56 Å². The number of carbonyl (C=O) groups is 1. The lowest BCUT2D eigenvalue weighted by Gasteiger charge is -2.15. The zero-order valence-corrected chi connectivity index (χ0v) is 11.7. The van der Waals surface area contributed by atoms with Gasteiger partial charge in [0.1, 0.15) is 0 Å². The third-order valence-electron chi connectivity index (χ3n) is 2.94. The van der Waals surface area contributed by atoms with Crippen LogP contribution in [0.25, 0.3) is 11.1 Å². The van der Waals surface area contributed by atoms with Crippen LogP contribution in [0.3, 0.4) is 0 Å². The summed E-state index contributed by atoms with van der Waals surface area (Å²) in [6.07, 6.45) is -4.56. The van der Waals surface area contributed by atoms with Gasteiger partial charge in [-0.05, 0) is 23.3 Å². The Morgan fingerprint density at radius 3 is 2.24 bits per heavy atom. The second kappa shape index (κ2) is 5.77. The minimum atomic E-state index is -4.56. The summed E-state index contributed by atoms with van der Waals surface area (Å²) in [6, 6.07) is 11.6. The lowest BCUT2D eigenvalue weighted by Crippen LogP contribution is -2.18. The second-order valence-corrected chi connectivity index (χ2v) is 4.91. The average Bonchev–Trinajstić information content (AvgIpc) is 2.45. The maximum atomic E-state index is 13.2. The van der Waals surface area contributed by atoms with Crippen molar-refractivity contribution in [1.29, 1.82) is 0 Å². The molecule has 0 bridgehead atoms. The first-order valence-corrected chi connectivity index (χ1v) is 6.35. The van der Waals surface area contributed by atoms with Gasteiger partial charge in [0.2, 0.25) is 0 Å². The quantitative estimate of drug-likeness (QED) is 0.742. The van der Waals surface area contributed by atoms with Crippen LogP contribution in [0.4, 0.5) is 13.2 Å². The molecule has 6 heteroatoms. The molecule has 21 heavy (non-hydrogen) atoms. The summed E-state index contributed by atoms with van der Waals surface area (Å²) in [5, 5.41) is 0. The Kier molecular flexibility index (Phi) is 4.23. The monoisotopic (exact) mass is 313 g/mol. The highest BCUT2D eigenvalue weighted by molar-refractivity contribution is 6.23. The van der Waals surface area contributed by atoms with Crippen LogP contribution in [0.5, 0.6) is 0 Å². The van der Waals surface area contributed by atoms with Crippen molar-refractivity contribution < 1.29 is 18.0 Å². The SMILES string of the molecule is CN(Cl)C(=O)c1ccc(-c2ccccc2)c(C(F)(F)F)c1. The number of hydrogen-bond donors (Lipinski definition) is 0. The molecule has 0 aromatic heterocycles. The third-order valence-corrected chi connectivity index (χ3v) is 3.09. The molecule has 0 atom stereocenters. The van der Waals surface area contributed by atoms with E-state index in [-0.39, 0.29) is 11.1 Å². The molecule has 110 valence electrons. The molecular weight excluding hydrogens is 303 g/mol. The minimum absolute atomic E-state index is 0.0249. The number of alkyl halides is 3. The minimum Gasteiger partial charge on any atom is -0.268 e. The number of hydrogen-bond acceptors (Lipinski definition) is 1. The zero-order chi connectivity index (χ0) is 15.6. The van der Waals surface area contributed by atoms with Crippen molar-refractivity contribution in [3.63, 3.8) is 0 Å². The van der Waals surface area contributed by atoms with E-state index in [1.807, 2.05) is 0 Å². The van der Waals surface area contributed by atoms with Crippen molar-refractivity contribution in [1.82, 2.24) is 4.42 Å². The predicted molar refractivity (Wildman–Crippen MR) is 74.8 cm³/mol. The lowest BCUT2D eigenvalue weighted by molar-refractivity contribution is -0.137. The first kappa shape index (κ1) is 15.4. The Labute approximate surface area is 124 Å². The highest BCUT2D eigenvalue weighted by Gasteiger charge is 2.34. The number of amides is 1. The van der Waals surface area contributed by atoms with E-state index < -0.39 is 17.6 Å². The highest BCUT2D eigenvalue weighted by Crippen LogP contribution is 2.37. The topological polar surface area (TPSA) is 20.3 Å². The van der Waals surface area contributed by atoms with Gasteiger partial charge in [-0.25, -0.2) is 0 Å². The summed E-state index contributed by atoms with van der Waals surface area (Å²) in [5.74, 6) is -0.693. The van der Waals surface area contributed by atoms with Gasteiger partial charge in [0, 0.05) is 24.4 Å². The van der Waals surface area contributed by atoms with Gasteiger partial charge in [-0.15, -0.1) is 0 Å². The fourth-order valence-electron chi connectivity index (χ4n) is 1.96. The van der Waals surface area contributed by atoms with E-state index in [2.05, 4.69) is 0 Å². The number of benzene rings is 2. The molecule has 0 spiro atoms. The maximum absolute atomic E-state index is 13.2. The van der Waals surface area contributed by atoms with Crippen LogP contribution in [0.15, 0.2) is 48.5 Å². The molecular formula is C15H11ClF3NO. The van der Waals surface area contributed by atoms with Crippen LogP contribution in [-0.4, -0.2) is 17.4 Å². The molecule has 1 amide bonds. The van der Waals surface area contributed by atoms with E-state index >= 15 is 0 Å². The predicted octanol–water partition coefficient (Wildman–Crippen LogP) is 4.60. The van der Waals surface area contributed by atoms with Gasteiger partial charge < -0.3 is 0 Å². The molecule has 2 aromatic carbocycles. The van der Waals surface area contributed by atoms with E-state index in [9.17, 15) is 18.0 Å². The van der Waals surface area contributed by atoms with Crippen molar-refractivity contribution in [2.75, 3.05) is 7.05 Å². The Balaban J connectivity index is 2.60. The average molecular weight is 314 g/mol. The summed E-state index contributed by atoms with van der Waals surface area (Å²) in [5.41, 5.74) is -0.516. The molecule has 0 fully saturated rings. The molecule has 0 unspecified atom stereocenters. The Morgan fingerprint density at radius 1 is 1.10 bits per heavy atom. The van der Waals surface area contributed by atoms with Crippen LogP contribution in [0.1, 0.15) is 15.9 Å². The summed E-state index contributed by atoms with van der Waals surface area (Å²) in [6.45, 7) is 0. The van der Waals surface area contributed by atoms with Crippen LogP contribution in [-0.2, 0) is 6.18 Å². The van der Waals surface area contributed by atoms with Gasteiger partial charge in [-0.3, -0.25) is 9.21 Å². The molecule has 0 aliphatic heterocycles. The fourth-order valence-corrected chi connectivity index (χ4v) is 2.06. The number of halogens is 4. The molecule has 0 aliphatic rings. The Bertz CT molecular complexity index is 654. The smallest absolute Gasteiger partial charge is 0.268 e. The van der Waals surface area contributed by atoms with E-state index in [0.717, 1.165) is 10.5 Å². The van der Waals surface area contributed by atoms with Crippen LogP contribution in [0.2, 0.25) is 0 Å². The molecule has 0 heterocycles. The maximum Gasteiger partial charge on any atom is 0.417 e.